The summed E-state index contributed by atoms with van der Waals surface area (Å²) in [6.07, 6.45) is 2.58. The summed E-state index contributed by atoms with van der Waals surface area (Å²) in [5.41, 5.74) is 2.92. The first-order valence-corrected chi connectivity index (χ1v) is 6.12. The molecule has 2 nitrogen and oxygen atoms in total. The van der Waals surface area contributed by atoms with Gasteiger partial charge in [0.25, 0.3) is 0 Å². The predicted octanol–water partition coefficient (Wildman–Crippen LogP) is 2.57. The Balaban J connectivity index is 2.02. The standard InChI is InChI=1S/C14H22N2/c1-12-5-7-13(8-6-12)16(3)11-14(2)9-4-10-15-14/h5-8,15H,4,9-11H2,1-3H3. The van der Waals surface area contributed by atoms with Crippen molar-refractivity contribution in [2.45, 2.75) is 32.2 Å². The first-order valence-electron chi connectivity index (χ1n) is 6.12. The highest BCUT2D eigenvalue weighted by molar-refractivity contribution is 5.47. The van der Waals surface area contributed by atoms with Crippen LogP contribution in [0.3, 0.4) is 0 Å². The lowest BCUT2D eigenvalue weighted by molar-refractivity contribution is 0.419. The van der Waals surface area contributed by atoms with E-state index in [4.69, 9.17) is 0 Å². The number of likely N-dealkylation sites (N-methyl/N-ethyl adjacent to an activating group) is 1. The van der Waals surface area contributed by atoms with Crippen molar-refractivity contribution in [1.29, 1.82) is 0 Å². The summed E-state index contributed by atoms with van der Waals surface area (Å²) in [5.74, 6) is 0. The monoisotopic (exact) mass is 218 g/mol. The van der Waals surface area contributed by atoms with Crippen molar-refractivity contribution in [2.75, 3.05) is 25.0 Å². The van der Waals surface area contributed by atoms with E-state index in [9.17, 15) is 0 Å². The number of hydrogen-bond donors (Lipinski definition) is 1. The van der Waals surface area contributed by atoms with Crippen LogP contribution in [0, 0.1) is 6.92 Å². The fourth-order valence-electron chi connectivity index (χ4n) is 2.51. The van der Waals surface area contributed by atoms with Crippen LogP contribution in [0.4, 0.5) is 5.69 Å². The SMILES string of the molecule is Cc1ccc(N(C)CC2(C)CCCN2)cc1. The number of nitrogens with one attached hydrogen (secondary N) is 1. The number of aryl methyl sites for hydroxylation is 1. The molecule has 1 aromatic rings. The molecule has 1 atom stereocenters. The normalized spacial score (nSPS) is 24.7. The average Bonchev–Trinajstić information content (AvgIpc) is 2.65. The first-order chi connectivity index (χ1) is 7.59. The lowest BCUT2D eigenvalue weighted by atomic mass is 9.99. The molecule has 16 heavy (non-hydrogen) atoms. The Morgan fingerprint density at radius 3 is 2.56 bits per heavy atom. The van der Waals surface area contributed by atoms with Gasteiger partial charge in [-0.1, -0.05) is 17.7 Å². The van der Waals surface area contributed by atoms with Gasteiger partial charge in [0.15, 0.2) is 0 Å². The third-order valence-corrected chi connectivity index (χ3v) is 3.52. The summed E-state index contributed by atoms with van der Waals surface area (Å²) in [4.78, 5) is 2.35. The van der Waals surface area contributed by atoms with Gasteiger partial charge in [-0.2, -0.15) is 0 Å². The van der Waals surface area contributed by atoms with Gasteiger partial charge in [-0.05, 0) is 45.4 Å². The summed E-state index contributed by atoms with van der Waals surface area (Å²) in [5, 5.41) is 3.60. The molecule has 1 unspecified atom stereocenters. The van der Waals surface area contributed by atoms with E-state index in [0.29, 0.717) is 5.54 Å². The fraction of sp³-hybridized carbons (Fsp3) is 0.571. The molecule has 2 rings (SSSR count). The zero-order valence-electron chi connectivity index (χ0n) is 10.6. The third-order valence-electron chi connectivity index (χ3n) is 3.52. The first kappa shape index (κ1) is 11.5. The molecule has 0 saturated carbocycles. The van der Waals surface area contributed by atoms with E-state index in [1.165, 1.54) is 24.1 Å². The number of benzene rings is 1. The Morgan fingerprint density at radius 1 is 1.31 bits per heavy atom. The molecular formula is C14H22N2. The number of anilines is 1. The quantitative estimate of drug-likeness (QED) is 0.839. The van der Waals surface area contributed by atoms with Crippen LogP contribution in [0.25, 0.3) is 0 Å². The lowest BCUT2D eigenvalue weighted by Crippen LogP contribution is -2.46. The minimum atomic E-state index is 0.291. The molecule has 1 aliphatic heterocycles. The van der Waals surface area contributed by atoms with Crippen molar-refractivity contribution in [3.63, 3.8) is 0 Å². The van der Waals surface area contributed by atoms with Gasteiger partial charge in [0, 0.05) is 24.8 Å². The molecule has 88 valence electrons. The number of rotatable bonds is 3. The predicted molar refractivity (Wildman–Crippen MR) is 70.1 cm³/mol. The molecule has 0 amide bonds. The highest BCUT2D eigenvalue weighted by Gasteiger charge is 2.29. The largest absolute Gasteiger partial charge is 0.373 e. The minimum Gasteiger partial charge on any atom is -0.373 e. The van der Waals surface area contributed by atoms with Crippen LogP contribution < -0.4 is 10.2 Å². The fourth-order valence-corrected chi connectivity index (χ4v) is 2.51. The molecule has 1 fully saturated rings. The van der Waals surface area contributed by atoms with E-state index >= 15 is 0 Å². The van der Waals surface area contributed by atoms with Gasteiger partial charge in [0.05, 0.1) is 0 Å². The lowest BCUT2D eigenvalue weighted by Gasteiger charge is -2.31. The van der Waals surface area contributed by atoms with E-state index in [0.717, 1.165) is 13.1 Å². The molecule has 1 aromatic carbocycles. The number of nitrogens with zero attached hydrogens (tertiary/aromatic N) is 1. The van der Waals surface area contributed by atoms with E-state index in [-0.39, 0.29) is 0 Å². The van der Waals surface area contributed by atoms with Gasteiger partial charge in [-0.15, -0.1) is 0 Å². The zero-order chi connectivity index (χ0) is 11.6. The Bertz CT molecular complexity index is 336. The average molecular weight is 218 g/mol. The molecule has 1 aliphatic rings. The molecule has 0 bridgehead atoms. The van der Waals surface area contributed by atoms with Gasteiger partial charge in [-0.3, -0.25) is 0 Å². The van der Waals surface area contributed by atoms with Gasteiger partial charge >= 0.3 is 0 Å². The van der Waals surface area contributed by atoms with Crippen molar-refractivity contribution in [2.24, 2.45) is 0 Å². The summed E-state index contributed by atoms with van der Waals surface area (Å²) < 4.78 is 0. The molecule has 1 saturated heterocycles. The molecule has 1 heterocycles. The highest BCUT2D eigenvalue weighted by atomic mass is 15.2. The molecule has 0 aromatic heterocycles. The molecular weight excluding hydrogens is 196 g/mol. The van der Waals surface area contributed by atoms with Crippen LogP contribution in [0.1, 0.15) is 25.3 Å². The van der Waals surface area contributed by atoms with E-state index < -0.39 is 0 Å². The maximum absolute atomic E-state index is 3.60. The Hall–Kier alpha value is -1.02. The third kappa shape index (κ3) is 2.56. The maximum Gasteiger partial charge on any atom is 0.0364 e. The minimum absolute atomic E-state index is 0.291. The van der Waals surface area contributed by atoms with Crippen molar-refractivity contribution in [1.82, 2.24) is 5.32 Å². The Labute approximate surface area is 98.7 Å². The van der Waals surface area contributed by atoms with Crippen molar-refractivity contribution < 1.29 is 0 Å². The second-order valence-corrected chi connectivity index (χ2v) is 5.28. The zero-order valence-corrected chi connectivity index (χ0v) is 10.6. The molecule has 0 aliphatic carbocycles. The summed E-state index contributed by atoms with van der Waals surface area (Å²) in [6.45, 7) is 6.70. The van der Waals surface area contributed by atoms with E-state index in [1.54, 1.807) is 0 Å². The van der Waals surface area contributed by atoms with Crippen molar-refractivity contribution in [3.8, 4) is 0 Å². The summed E-state index contributed by atoms with van der Waals surface area (Å²) in [6, 6.07) is 8.76. The smallest absolute Gasteiger partial charge is 0.0364 e. The molecule has 0 radical (unpaired) electrons. The van der Waals surface area contributed by atoms with Crippen LogP contribution in [-0.2, 0) is 0 Å². The van der Waals surface area contributed by atoms with Crippen LogP contribution in [0.2, 0.25) is 0 Å². The van der Waals surface area contributed by atoms with Crippen molar-refractivity contribution >= 4 is 5.69 Å². The molecule has 1 N–H and O–H groups in total. The summed E-state index contributed by atoms with van der Waals surface area (Å²) in [7, 11) is 2.18. The summed E-state index contributed by atoms with van der Waals surface area (Å²) >= 11 is 0. The number of hydrogen-bond acceptors (Lipinski definition) is 2. The van der Waals surface area contributed by atoms with E-state index in [1.807, 2.05) is 0 Å². The van der Waals surface area contributed by atoms with Crippen LogP contribution in [-0.4, -0.2) is 25.7 Å². The van der Waals surface area contributed by atoms with Crippen LogP contribution in [0.15, 0.2) is 24.3 Å². The second-order valence-electron chi connectivity index (χ2n) is 5.28. The van der Waals surface area contributed by atoms with Crippen molar-refractivity contribution in [3.05, 3.63) is 29.8 Å². The highest BCUT2D eigenvalue weighted by Crippen LogP contribution is 2.22. The Kier molecular flexibility index (Phi) is 3.20. The van der Waals surface area contributed by atoms with Gasteiger partial charge in [0.2, 0.25) is 0 Å². The Morgan fingerprint density at radius 2 is 2.00 bits per heavy atom. The van der Waals surface area contributed by atoms with Crippen LogP contribution in [0.5, 0.6) is 0 Å². The second kappa shape index (κ2) is 4.46. The van der Waals surface area contributed by atoms with E-state index in [2.05, 4.69) is 55.4 Å². The van der Waals surface area contributed by atoms with Crippen LogP contribution >= 0.6 is 0 Å². The van der Waals surface area contributed by atoms with Gasteiger partial charge in [0.1, 0.15) is 0 Å². The molecule has 2 heteroatoms. The maximum atomic E-state index is 3.60. The topological polar surface area (TPSA) is 15.3 Å². The van der Waals surface area contributed by atoms with Gasteiger partial charge in [-0.25, -0.2) is 0 Å². The van der Waals surface area contributed by atoms with Gasteiger partial charge < -0.3 is 10.2 Å². The molecule has 0 spiro atoms.